The van der Waals surface area contributed by atoms with Crippen LogP contribution in [0.15, 0.2) is 12.4 Å². The van der Waals surface area contributed by atoms with Crippen LogP contribution in [0.4, 0.5) is 0 Å². The standard InChI is InChI=1S/C10H14N2O3S/c1-2-10(13)8-5-11-12(6-8)9-3-4-16(14,15)7-9/h5-6,9H,2-4,7H2,1H3. The highest BCUT2D eigenvalue weighted by molar-refractivity contribution is 7.91. The summed E-state index contributed by atoms with van der Waals surface area (Å²) in [6.07, 6.45) is 4.19. The molecule has 0 N–H and O–H groups in total. The third-order valence-corrected chi connectivity index (χ3v) is 4.58. The van der Waals surface area contributed by atoms with E-state index in [0.717, 1.165) is 0 Å². The second kappa shape index (κ2) is 4.01. The number of hydrogen-bond acceptors (Lipinski definition) is 4. The Labute approximate surface area is 94.4 Å². The smallest absolute Gasteiger partial charge is 0.165 e. The van der Waals surface area contributed by atoms with Crippen LogP contribution in [-0.4, -0.2) is 35.5 Å². The van der Waals surface area contributed by atoms with E-state index in [4.69, 9.17) is 0 Å². The van der Waals surface area contributed by atoms with Gasteiger partial charge in [0.1, 0.15) is 0 Å². The van der Waals surface area contributed by atoms with Gasteiger partial charge in [0, 0.05) is 12.6 Å². The van der Waals surface area contributed by atoms with Crippen molar-refractivity contribution >= 4 is 15.6 Å². The Morgan fingerprint density at radius 3 is 2.94 bits per heavy atom. The van der Waals surface area contributed by atoms with Crippen LogP contribution in [-0.2, 0) is 9.84 Å². The van der Waals surface area contributed by atoms with Crippen molar-refractivity contribution in [3.8, 4) is 0 Å². The quantitative estimate of drug-likeness (QED) is 0.736. The second-order valence-corrected chi connectivity index (χ2v) is 6.27. The first-order valence-corrected chi connectivity index (χ1v) is 7.12. The van der Waals surface area contributed by atoms with Crippen LogP contribution >= 0.6 is 0 Å². The van der Waals surface area contributed by atoms with Gasteiger partial charge in [-0.25, -0.2) is 8.42 Å². The average Bonchev–Trinajstić information content (AvgIpc) is 2.83. The molecule has 6 heteroatoms. The molecule has 1 aromatic heterocycles. The molecule has 0 aromatic carbocycles. The highest BCUT2D eigenvalue weighted by atomic mass is 32.2. The molecular weight excluding hydrogens is 228 g/mol. The van der Waals surface area contributed by atoms with Gasteiger partial charge in [-0.3, -0.25) is 9.48 Å². The van der Waals surface area contributed by atoms with E-state index in [1.165, 1.54) is 6.20 Å². The van der Waals surface area contributed by atoms with Crippen molar-refractivity contribution in [2.24, 2.45) is 0 Å². The maximum atomic E-state index is 11.4. The Balaban J connectivity index is 2.17. The number of hydrogen-bond donors (Lipinski definition) is 0. The molecule has 0 radical (unpaired) electrons. The summed E-state index contributed by atoms with van der Waals surface area (Å²) in [5.74, 6) is 0.385. The van der Waals surface area contributed by atoms with Crippen LogP contribution in [0.2, 0.25) is 0 Å². The zero-order valence-corrected chi connectivity index (χ0v) is 9.90. The van der Waals surface area contributed by atoms with Gasteiger partial charge in [0.25, 0.3) is 0 Å². The number of aromatic nitrogens is 2. The molecular formula is C10H14N2O3S. The summed E-state index contributed by atoms with van der Waals surface area (Å²) in [4.78, 5) is 11.4. The van der Waals surface area contributed by atoms with Crippen molar-refractivity contribution in [2.45, 2.75) is 25.8 Å². The Kier molecular flexibility index (Phi) is 2.84. The monoisotopic (exact) mass is 242 g/mol. The Bertz CT molecular complexity index is 504. The molecule has 1 fully saturated rings. The van der Waals surface area contributed by atoms with E-state index in [-0.39, 0.29) is 23.3 Å². The molecule has 2 heterocycles. The van der Waals surface area contributed by atoms with Gasteiger partial charge in [-0.1, -0.05) is 6.92 Å². The molecule has 1 aromatic rings. The van der Waals surface area contributed by atoms with Gasteiger partial charge in [0.05, 0.1) is 29.3 Å². The summed E-state index contributed by atoms with van der Waals surface area (Å²) in [5, 5.41) is 4.06. The Hall–Kier alpha value is -1.17. The summed E-state index contributed by atoms with van der Waals surface area (Å²) in [6, 6.07) is -0.108. The number of Topliss-reactive ketones (excluding diaryl/α,β-unsaturated/α-hetero) is 1. The minimum atomic E-state index is -2.91. The minimum absolute atomic E-state index is 0.0344. The van der Waals surface area contributed by atoms with E-state index in [2.05, 4.69) is 5.10 Å². The summed E-state index contributed by atoms with van der Waals surface area (Å²) < 4.78 is 24.2. The van der Waals surface area contributed by atoms with E-state index in [0.29, 0.717) is 18.4 Å². The molecule has 1 aliphatic rings. The minimum Gasteiger partial charge on any atom is -0.294 e. The lowest BCUT2D eigenvalue weighted by Crippen LogP contribution is -2.11. The van der Waals surface area contributed by atoms with Gasteiger partial charge in [-0.2, -0.15) is 5.10 Å². The molecule has 0 aliphatic carbocycles. The zero-order chi connectivity index (χ0) is 11.8. The molecule has 16 heavy (non-hydrogen) atoms. The normalized spacial score (nSPS) is 23.4. The third kappa shape index (κ3) is 2.16. The van der Waals surface area contributed by atoms with Crippen molar-refractivity contribution in [3.05, 3.63) is 18.0 Å². The van der Waals surface area contributed by atoms with Gasteiger partial charge in [-0.15, -0.1) is 0 Å². The van der Waals surface area contributed by atoms with Crippen molar-refractivity contribution < 1.29 is 13.2 Å². The lowest BCUT2D eigenvalue weighted by atomic mass is 10.2. The first-order valence-electron chi connectivity index (χ1n) is 5.29. The lowest BCUT2D eigenvalue weighted by molar-refractivity contribution is 0.0988. The van der Waals surface area contributed by atoms with Gasteiger partial charge in [0.2, 0.25) is 0 Å². The fourth-order valence-electron chi connectivity index (χ4n) is 1.87. The first kappa shape index (κ1) is 11.3. The highest BCUT2D eigenvalue weighted by Gasteiger charge is 2.29. The van der Waals surface area contributed by atoms with Gasteiger partial charge in [-0.05, 0) is 6.42 Å². The molecule has 0 saturated carbocycles. The van der Waals surface area contributed by atoms with Gasteiger partial charge in [0.15, 0.2) is 15.6 Å². The molecule has 1 unspecified atom stereocenters. The largest absolute Gasteiger partial charge is 0.294 e. The number of carbonyl (C=O) groups is 1. The number of nitrogens with zero attached hydrogens (tertiary/aromatic N) is 2. The fourth-order valence-corrected chi connectivity index (χ4v) is 3.57. The number of sulfone groups is 1. The molecule has 0 amide bonds. The van der Waals surface area contributed by atoms with Crippen LogP contribution in [0.3, 0.4) is 0 Å². The molecule has 5 nitrogen and oxygen atoms in total. The highest BCUT2D eigenvalue weighted by Crippen LogP contribution is 2.23. The maximum absolute atomic E-state index is 11.4. The first-order chi connectivity index (χ1) is 7.52. The summed E-state index contributed by atoms with van der Waals surface area (Å²) in [5.41, 5.74) is 0.562. The summed E-state index contributed by atoms with van der Waals surface area (Å²) in [7, 11) is -2.91. The summed E-state index contributed by atoms with van der Waals surface area (Å²) in [6.45, 7) is 1.79. The van der Waals surface area contributed by atoms with E-state index in [1.807, 2.05) is 0 Å². The second-order valence-electron chi connectivity index (χ2n) is 4.04. The molecule has 88 valence electrons. The lowest BCUT2D eigenvalue weighted by Gasteiger charge is -2.06. The van der Waals surface area contributed by atoms with E-state index in [9.17, 15) is 13.2 Å². The molecule has 0 bridgehead atoms. The predicted octanol–water partition coefficient (Wildman–Crippen LogP) is 0.835. The number of rotatable bonds is 3. The van der Waals surface area contributed by atoms with E-state index < -0.39 is 9.84 Å². The zero-order valence-electron chi connectivity index (χ0n) is 9.09. The predicted molar refractivity (Wildman–Crippen MR) is 59.2 cm³/mol. The fraction of sp³-hybridized carbons (Fsp3) is 0.600. The van der Waals surface area contributed by atoms with Gasteiger partial charge < -0.3 is 0 Å². The Morgan fingerprint density at radius 2 is 2.38 bits per heavy atom. The van der Waals surface area contributed by atoms with Crippen molar-refractivity contribution in [3.63, 3.8) is 0 Å². The molecule has 1 saturated heterocycles. The third-order valence-electron chi connectivity index (χ3n) is 2.83. The van der Waals surface area contributed by atoms with Crippen molar-refractivity contribution in [2.75, 3.05) is 11.5 Å². The number of ketones is 1. The van der Waals surface area contributed by atoms with Crippen molar-refractivity contribution in [1.82, 2.24) is 9.78 Å². The SMILES string of the molecule is CCC(=O)c1cnn(C2CCS(=O)(=O)C2)c1. The van der Waals surface area contributed by atoms with Crippen LogP contribution in [0.5, 0.6) is 0 Å². The average molecular weight is 242 g/mol. The van der Waals surface area contributed by atoms with Crippen LogP contribution in [0.1, 0.15) is 36.2 Å². The summed E-state index contributed by atoms with van der Waals surface area (Å²) >= 11 is 0. The molecule has 2 rings (SSSR count). The molecule has 1 atom stereocenters. The van der Waals surface area contributed by atoms with Gasteiger partial charge >= 0.3 is 0 Å². The topological polar surface area (TPSA) is 69.0 Å². The van der Waals surface area contributed by atoms with Crippen LogP contribution in [0, 0.1) is 0 Å². The molecule has 0 spiro atoms. The van der Waals surface area contributed by atoms with E-state index >= 15 is 0 Å². The number of carbonyl (C=O) groups excluding carboxylic acids is 1. The van der Waals surface area contributed by atoms with E-state index in [1.54, 1.807) is 17.8 Å². The Morgan fingerprint density at radius 1 is 1.62 bits per heavy atom. The van der Waals surface area contributed by atoms with Crippen LogP contribution < -0.4 is 0 Å². The maximum Gasteiger partial charge on any atom is 0.165 e. The van der Waals surface area contributed by atoms with Crippen molar-refractivity contribution in [1.29, 1.82) is 0 Å². The molecule has 1 aliphatic heterocycles. The van der Waals surface area contributed by atoms with Crippen LogP contribution in [0.25, 0.3) is 0 Å².